The summed E-state index contributed by atoms with van der Waals surface area (Å²) >= 11 is 0. The summed E-state index contributed by atoms with van der Waals surface area (Å²) in [4.78, 5) is 0. The summed E-state index contributed by atoms with van der Waals surface area (Å²) in [7, 11) is 0. The van der Waals surface area contributed by atoms with Crippen LogP contribution in [0.15, 0.2) is 42.5 Å². The molecule has 0 saturated carbocycles. The van der Waals surface area contributed by atoms with Crippen molar-refractivity contribution in [2.75, 3.05) is 12.5 Å². The van der Waals surface area contributed by atoms with E-state index in [2.05, 4.69) is 15.5 Å². The monoisotopic (exact) mass is 281 g/mol. The molecule has 0 radical (unpaired) electrons. The molecule has 0 spiro atoms. The highest BCUT2D eigenvalue weighted by Crippen LogP contribution is 2.34. The highest BCUT2D eigenvalue weighted by Gasteiger charge is 2.17. The Morgan fingerprint density at radius 2 is 1.95 bits per heavy atom. The minimum Gasteiger partial charge on any atom is -0.454 e. The fraction of sp³-hybridized carbons (Fsp3) is 0.0714. The summed E-state index contributed by atoms with van der Waals surface area (Å²) in [6.07, 6.45) is 0. The Labute approximate surface area is 119 Å². The Bertz CT molecular complexity index is 815. The number of anilines is 1. The Morgan fingerprint density at radius 1 is 1.05 bits per heavy atom. The molecule has 0 fully saturated rings. The number of hydrogen-bond acceptors (Lipinski definition) is 6. The lowest BCUT2D eigenvalue weighted by atomic mass is 10.2. The molecule has 1 aliphatic rings. The first-order chi connectivity index (χ1) is 10.3. The molecule has 0 amide bonds. The first kappa shape index (κ1) is 11.7. The van der Waals surface area contributed by atoms with Crippen molar-refractivity contribution in [2.45, 2.75) is 0 Å². The van der Waals surface area contributed by atoms with E-state index in [1.807, 2.05) is 42.5 Å². The van der Waals surface area contributed by atoms with Crippen molar-refractivity contribution in [2.24, 2.45) is 0 Å². The van der Waals surface area contributed by atoms with Gasteiger partial charge in [-0.05, 0) is 34.7 Å². The second-order valence-electron chi connectivity index (χ2n) is 4.58. The van der Waals surface area contributed by atoms with Crippen molar-refractivity contribution in [3.63, 3.8) is 0 Å². The van der Waals surface area contributed by atoms with E-state index in [1.165, 1.54) is 0 Å². The third kappa shape index (κ3) is 1.95. The molecular formula is C14H11N5O2. The molecule has 1 aliphatic heterocycles. The minimum absolute atomic E-state index is 0.233. The van der Waals surface area contributed by atoms with E-state index < -0.39 is 0 Å². The van der Waals surface area contributed by atoms with Crippen LogP contribution in [0.5, 0.6) is 11.5 Å². The Hall–Kier alpha value is -3.09. The average molecular weight is 281 g/mol. The predicted octanol–water partition coefficient (Wildman–Crippen LogP) is 1.64. The maximum atomic E-state index is 5.81. The van der Waals surface area contributed by atoms with E-state index in [9.17, 15) is 0 Å². The molecule has 2 heterocycles. The van der Waals surface area contributed by atoms with Crippen LogP contribution in [0.1, 0.15) is 0 Å². The molecular weight excluding hydrogens is 270 g/mol. The molecule has 7 heteroatoms. The lowest BCUT2D eigenvalue weighted by Crippen LogP contribution is -2.00. The van der Waals surface area contributed by atoms with Crippen LogP contribution in [0.2, 0.25) is 0 Å². The van der Waals surface area contributed by atoms with Gasteiger partial charge in [-0.15, -0.1) is 5.10 Å². The largest absolute Gasteiger partial charge is 0.454 e. The first-order valence-corrected chi connectivity index (χ1v) is 6.35. The van der Waals surface area contributed by atoms with Crippen molar-refractivity contribution < 1.29 is 9.47 Å². The van der Waals surface area contributed by atoms with Gasteiger partial charge in [-0.25, -0.2) is 0 Å². The smallest absolute Gasteiger partial charge is 0.231 e. The summed E-state index contributed by atoms with van der Waals surface area (Å²) in [6, 6.07) is 13.0. The van der Waals surface area contributed by atoms with Gasteiger partial charge < -0.3 is 15.2 Å². The number of rotatable bonds is 2. The summed E-state index contributed by atoms with van der Waals surface area (Å²) in [6.45, 7) is 0.233. The van der Waals surface area contributed by atoms with E-state index in [-0.39, 0.29) is 6.79 Å². The van der Waals surface area contributed by atoms with Gasteiger partial charge in [0.15, 0.2) is 17.3 Å². The maximum absolute atomic E-state index is 5.81. The van der Waals surface area contributed by atoms with Crippen molar-refractivity contribution in [3.05, 3.63) is 42.5 Å². The van der Waals surface area contributed by atoms with Crippen LogP contribution in [0.3, 0.4) is 0 Å². The maximum Gasteiger partial charge on any atom is 0.231 e. The van der Waals surface area contributed by atoms with E-state index in [0.717, 1.165) is 17.0 Å². The number of nitrogen functional groups attached to an aromatic ring is 1. The molecule has 0 bridgehead atoms. The number of hydrogen-bond donors (Lipinski definition) is 1. The summed E-state index contributed by atoms with van der Waals surface area (Å²) < 4.78 is 12.3. The van der Waals surface area contributed by atoms with E-state index in [1.54, 1.807) is 4.68 Å². The van der Waals surface area contributed by atoms with Crippen LogP contribution < -0.4 is 15.2 Å². The third-order valence-corrected chi connectivity index (χ3v) is 3.22. The van der Waals surface area contributed by atoms with Gasteiger partial charge in [-0.3, -0.25) is 0 Å². The highest BCUT2D eigenvalue weighted by molar-refractivity contribution is 5.63. The second-order valence-corrected chi connectivity index (χ2v) is 4.58. The van der Waals surface area contributed by atoms with E-state index >= 15 is 0 Å². The fourth-order valence-corrected chi connectivity index (χ4v) is 2.24. The number of tetrazole rings is 1. The van der Waals surface area contributed by atoms with Gasteiger partial charge in [0.2, 0.25) is 6.79 Å². The SMILES string of the molecule is Nc1cccc(-c2nnnn2-c2ccc3c(c2)OCO3)c1. The molecule has 2 aromatic carbocycles. The molecule has 2 N–H and O–H groups in total. The zero-order chi connectivity index (χ0) is 14.2. The van der Waals surface area contributed by atoms with Crippen molar-refractivity contribution >= 4 is 5.69 Å². The highest BCUT2D eigenvalue weighted by atomic mass is 16.7. The molecule has 0 saturated heterocycles. The zero-order valence-electron chi connectivity index (χ0n) is 10.9. The molecule has 21 heavy (non-hydrogen) atoms. The molecule has 1 aromatic heterocycles. The number of benzene rings is 2. The van der Waals surface area contributed by atoms with Gasteiger partial charge in [-0.2, -0.15) is 4.68 Å². The van der Waals surface area contributed by atoms with Gasteiger partial charge in [-0.1, -0.05) is 12.1 Å². The fourth-order valence-electron chi connectivity index (χ4n) is 2.24. The number of fused-ring (bicyclic) bond motifs is 1. The van der Waals surface area contributed by atoms with Crippen LogP contribution in [0.25, 0.3) is 17.1 Å². The predicted molar refractivity (Wildman–Crippen MR) is 75.1 cm³/mol. The quantitative estimate of drug-likeness (QED) is 0.718. The lowest BCUT2D eigenvalue weighted by molar-refractivity contribution is 0.174. The second kappa shape index (κ2) is 4.48. The summed E-state index contributed by atoms with van der Waals surface area (Å²) in [5.74, 6) is 2.01. The first-order valence-electron chi connectivity index (χ1n) is 6.35. The van der Waals surface area contributed by atoms with Gasteiger partial charge in [0.25, 0.3) is 0 Å². The number of nitrogens with two attached hydrogens (primary N) is 1. The Kier molecular flexibility index (Phi) is 2.50. The third-order valence-electron chi connectivity index (χ3n) is 3.22. The van der Waals surface area contributed by atoms with Crippen molar-refractivity contribution in [3.8, 4) is 28.6 Å². The topological polar surface area (TPSA) is 88.1 Å². The molecule has 4 rings (SSSR count). The number of aromatic nitrogens is 4. The van der Waals surface area contributed by atoms with Gasteiger partial charge in [0.05, 0.1) is 5.69 Å². The summed E-state index contributed by atoms with van der Waals surface area (Å²) in [5.41, 5.74) is 8.11. The molecule has 104 valence electrons. The average Bonchev–Trinajstić information content (AvgIpc) is 3.15. The molecule has 0 aliphatic carbocycles. The van der Waals surface area contributed by atoms with Crippen LogP contribution >= 0.6 is 0 Å². The zero-order valence-corrected chi connectivity index (χ0v) is 10.9. The van der Waals surface area contributed by atoms with Crippen LogP contribution in [0.4, 0.5) is 5.69 Å². The Morgan fingerprint density at radius 3 is 2.86 bits per heavy atom. The van der Waals surface area contributed by atoms with E-state index in [0.29, 0.717) is 17.3 Å². The van der Waals surface area contributed by atoms with Gasteiger partial charge >= 0.3 is 0 Å². The molecule has 7 nitrogen and oxygen atoms in total. The van der Waals surface area contributed by atoms with E-state index in [4.69, 9.17) is 15.2 Å². The standard InChI is InChI=1S/C14H11N5O2/c15-10-3-1-2-9(6-10)14-16-17-18-19(14)11-4-5-12-13(7-11)21-8-20-12/h1-7H,8,15H2. The van der Waals surface area contributed by atoms with Crippen molar-refractivity contribution in [1.29, 1.82) is 0 Å². The van der Waals surface area contributed by atoms with Gasteiger partial charge in [0, 0.05) is 17.3 Å². The van der Waals surface area contributed by atoms with Crippen molar-refractivity contribution in [1.82, 2.24) is 20.2 Å². The van der Waals surface area contributed by atoms with Crippen LogP contribution in [-0.4, -0.2) is 27.0 Å². The summed E-state index contributed by atoms with van der Waals surface area (Å²) in [5, 5.41) is 11.9. The van der Waals surface area contributed by atoms with Crippen LogP contribution in [-0.2, 0) is 0 Å². The lowest BCUT2D eigenvalue weighted by Gasteiger charge is -2.06. The molecule has 0 unspecified atom stereocenters. The molecule has 3 aromatic rings. The normalized spacial score (nSPS) is 12.6. The van der Waals surface area contributed by atoms with Gasteiger partial charge in [0.1, 0.15) is 0 Å². The number of nitrogens with zero attached hydrogens (tertiary/aromatic N) is 4. The molecule has 0 atom stereocenters. The Balaban J connectivity index is 1.82. The van der Waals surface area contributed by atoms with Crippen LogP contribution in [0, 0.1) is 0 Å². The number of ether oxygens (including phenoxy) is 2. The minimum atomic E-state index is 0.233.